The maximum Gasteiger partial charge on any atom is 0.227 e. The van der Waals surface area contributed by atoms with E-state index >= 15 is 0 Å². The highest BCUT2D eigenvalue weighted by atomic mass is 32.2. The lowest BCUT2D eigenvalue weighted by atomic mass is 10.0. The van der Waals surface area contributed by atoms with E-state index in [9.17, 15) is 8.42 Å². The van der Waals surface area contributed by atoms with Crippen molar-refractivity contribution in [2.75, 3.05) is 43.8 Å². The van der Waals surface area contributed by atoms with E-state index in [0.29, 0.717) is 25.1 Å². The Balaban J connectivity index is 1.22. The highest BCUT2D eigenvalue weighted by Crippen LogP contribution is 2.26. The first-order chi connectivity index (χ1) is 16.5. The summed E-state index contributed by atoms with van der Waals surface area (Å²) in [5.41, 5.74) is 2.64. The van der Waals surface area contributed by atoms with E-state index in [4.69, 9.17) is 0 Å². The van der Waals surface area contributed by atoms with E-state index in [1.165, 1.54) is 12.8 Å². The molecule has 0 radical (unpaired) electrons. The van der Waals surface area contributed by atoms with Crippen LogP contribution in [0.4, 0.5) is 5.95 Å². The Labute approximate surface area is 200 Å². The Morgan fingerprint density at radius 2 is 2.06 bits per heavy atom. The average Bonchev–Trinajstić information content (AvgIpc) is 3.56. The predicted molar refractivity (Wildman–Crippen MR) is 131 cm³/mol. The van der Waals surface area contributed by atoms with Crippen molar-refractivity contribution in [2.24, 2.45) is 0 Å². The van der Waals surface area contributed by atoms with Gasteiger partial charge < -0.3 is 15.5 Å². The van der Waals surface area contributed by atoms with Crippen LogP contribution < -0.4 is 10.6 Å². The van der Waals surface area contributed by atoms with Crippen molar-refractivity contribution in [3.63, 3.8) is 0 Å². The van der Waals surface area contributed by atoms with Crippen LogP contribution in [-0.2, 0) is 10.0 Å². The number of rotatable bonds is 7. The fraction of sp³-hybridized carbons (Fsp3) is 0.522. The van der Waals surface area contributed by atoms with Gasteiger partial charge in [-0.1, -0.05) is 0 Å². The SMILES string of the molecule is CCS(=O)(=O)N1CCC(n2cc(-c3ccnc(NC4=CCN(C5CCNCC5)C=C4)n3)cn2)C1. The van der Waals surface area contributed by atoms with Crippen LogP contribution in [0.25, 0.3) is 11.3 Å². The quantitative estimate of drug-likeness (QED) is 0.613. The van der Waals surface area contributed by atoms with Crippen molar-refractivity contribution < 1.29 is 8.42 Å². The zero-order valence-corrected chi connectivity index (χ0v) is 20.3. The topological polar surface area (TPSA) is 108 Å². The van der Waals surface area contributed by atoms with Gasteiger partial charge in [-0.15, -0.1) is 0 Å². The average molecular weight is 485 g/mol. The number of nitrogens with zero attached hydrogens (tertiary/aromatic N) is 6. The Morgan fingerprint density at radius 3 is 2.82 bits per heavy atom. The van der Waals surface area contributed by atoms with Crippen LogP contribution >= 0.6 is 0 Å². The molecule has 2 fully saturated rings. The molecule has 3 aliphatic heterocycles. The minimum absolute atomic E-state index is 0.0370. The van der Waals surface area contributed by atoms with Gasteiger partial charge in [0.25, 0.3) is 0 Å². The second kappa shape index (κ2) is 9.85. The smallest absolute Gasteiger partial charge is 0.227 e. The van der Waals surface area contributed by atoms with Crippen molar-refractivity contribution in [1.82, 2.24) is 34.3 Å². The molecular weight excluding hydrogens is 452 g/mol. The summed E-state index contributed by atoms with van der Waals surface area (Å²) in [6, 6.07) is 2.49. The molecule has 0 aliphatic carbocycles. The molecule has 0 bridgehead atoms. The molecule has 2 aromatic rings. The maximum absolute atomic E-state index is 12.2. The lowest BCUT2D eigenvalue weighted by Crippen LogP contribution is -2.41. The first-order valence-corrected chi connectivity index (χ1v) is 13.6. The van der Waals surface area contributed by atoms with E-state index in [0.717, 1.165) is 43.0 Å². The molecule has 2 saturated heterocycles. The molecule has 2 N–H and O–H groups in total. The van der Waals surface area contributed by atoms with E-state index in [1.807, 2.05) is 16.9 Å². The van der Waals surface area contributed by atoms with Gasteiger partial charge in [-0.2, -0.15) is 9.40 Å². The van der Waals surface area contributed by atoms with Gasteiger partial charge in [0.2, 0.25) is 16.0 Å². The lowest BCUT2D eigenvalue weighted by Gasteiger charge is -2.34. The van der Waals surface area contributed by atoms with E-state index in [2.05, 4.69) is 49.0 Å². The van der Waals surface area contributed by atoms with Gasteiger partial charge >= 0.3 is 0 Å². The minimum Gasteiger partial charge on any atom is -0.370 e. The minimum atomic E-state index is -3.17. The highest BCUT2D eigenvalue weighted by molar-refractivity contribution is 7.89. The Hall–Kier alpha value is -2.76. The number of piperidine rings is 1. The van der Waals surface area contributed by atoms with Gasteiger partial charge in [0.05, 0.1) is 23.7 Å². The second-order valence-corrected chi connectivity index (χ2v) is 11.2. The van der Waals surface area contributed by atoms with Gasteiger partial charge in [0.1, 0.15) is 0 Å². The van der Waals surface area contributed by atoms with Crippen LogP contribution in [0.1, 0.15) is 32.2 Å². The monoisotopic (exact) mass is 484 g/mol. The summed E-state index contributed by atoms with van der Waals surface area (Å²) in [5, 5.41) is 11.2. The Kier molecular flexibility index (Phi) is 6.66. The number of anilines is 1. The fourth-order valence-corrected chi connectivity index (χ4v) is 5.90. The van der Waals surface area contributed by atoms with E-state index in [1.54, 1.807) is 23.6 Å². The van der Waals surface area contributed by atoms with Gasteiger partial charge in [0, 0.05) is 55.5 Å². The summed E-state index contributed by atoms with van der Waals surface area (Å²) < 4.78 is 27.7. The third-order valence-corrected chi connectivity index (χ3v) is 8.66. The fourth-order valence-electron chi connectivity index (χ4n) is 4.75. The highest BCUT2D eigenvalue weighted by Gasteiger charge is 2.31. The van der Waals surface area contributed by atoms with Gasteiger partial charge in [-0.25, -0.2) is 18.4 Å². The van der Waals surface area contributed by atoms with Crippen LogP contribution in [0, 0.1) is 0 Å². The molecule has 0 amide bonds. The number of aromatic nitrogens is 4. The second-order valence-electron chi connectivity index (χ2n) is 8.95. The first-order valence-electron chi connectivity index (χ1n) is 12.0. The summed E-state index contributed by atoms with van der Waals surface area (Å²) in [6.45, 7) is 5.72. The van der Waals surface area contributed by atoms with E-state index in [-0.39, 0.29) is 11.8 Å². The van der Waals surface area contributed by atoms with E-state index < -0.39 is 10.0 Å². The third-order valence-electron chi connectivity index (χ3n) is 6.81. The van der Waals surface area contributed by atoms with Gasteiger partial charge in [0.15, 0.2) is 0 Å². The van der Waals surface area contributed by atoms with Gasteiger partial charge in [-0.05, 0) is 57.5 Å². The largest absolute Gasteiger partial charge is 0.370 e. The number of hydrogen-bond donors (Lipinski definition) is 2. The molecule has 11 heteroatoms. The zero-order valence-electron chi connectivity index (χ0n) is 19.5. The molecule has 182 valence electrons. The third kappa shape index (κ3) is 5.01. The molecule has 10 nitrogen and oxygen atoms in total. The van der Waals surface area contributed by atoms with Crippen LogP contribution in [0.3, 0.4) is 0 Å². The Morgan fingerprint density at radius 1 is 1.21 bits per heavy atom. The number of allylic oxidation sites excluding steroid dienone is 1. The summed E-state index contributed by atoms with van der Waals surface area (Å²) in [6.07, 6.45) is 15.0. The molecule has 5 rings (SSSR count). The number of nitrogens with one attached hydrogen (secondary N) is 2. The standard InChI is InChI=1S/C23H32N8O2S/c1-2-34(32,33)30-14-8-21(17-30)31-16-18(15-26-31)22-5-11-25-23(28-22)27-19-6-12-29(13-7-19)20-3-9-24-10-4-20/h5-7,11-12,15-16,20-21,24H,2-4,8-10,13-14,17H2,1H3,(H,25,27,28). The maximum atomic E-state index is 12.2. The molecule has 0 saturated carbocycles. The molecule has 1 unspecified atom stereocenters. The van der Waals surface area contributed by atoms with Crippen LogP contribution in [0.2, 0.25) is 0 Å². The van der Waals surface area contributed by atoms with Crippen LogP contribution in [0.15, 0.2) is 48.7 Å². The molecule has 0 spiro atoms. The summed E-state index contributed by atoms with van der Waals surface area (Å²) in [7, 11) is -3.17. The molecule has 3 aliphatic rings. The summed E-state index contributed by atoms with van der Waals surface area (Å²) >= 11 is 0. The number of hydrogen-bond acceptors (Lipinski definition) is 8. The van der Waals surface area contributed by atoms with Gasteiger partial charge in [-0.3, -0.25) is 4.68 Å². The predicted octanol–water partition coefficient (Wildman–Crippen LogP) is 1.81. The van der Waals surface area contributed by atoms with Crippen molar-refractivity contribution in [2.45, 2.75) is 38.3 Å². The normalized spacial score (nSPS) is 22.2. The summed E-state index contributed by atoms with van der Waals surface area (Å²) in [4.78, 5) is 11.5. The van der Waals surface area contributed by atoms with Crippen LogP contribution in [0.5, 0.6) is 0 Å². The molecule has 0 aromatic carbocycles. The Bertz CT molecular complexity index is 1170. The number of sulfonamides is 1. The molecule has 1 atom stereocenters. The van der Waals surface area contributed by atoms with Crippen molar-refractivity contribution >= 4 is 16.0 Å². The zero-order chi connectivity index (χ0) is 23.5. The van der Waals surface area contributed by atoms with Crippen molar-refractivity contribution in [3.8, 4) is 11.3 Å². The van der Waals surface area contributed by atoms with Crippen molar-refractivity contribution in [1.29, 1.82) is 0 Å². The molecule has 2 aromatic heterocycles. The van der Waals surface area contributed by atoms with Crippen molar-refractivity contribution in [3.05, 3.63) is 48.7 Å². The molecular formula is C23H32N8O2S. The van der Waals surface area contributed by atoms with Crippen LogP contribution in [-0.4, -0.2) is 81.9 Å². The molecule has 5 heterocycles. The molecule has 34 heavy (non-hydrogen) atoms. The first kappa shape index (κ1) is 23.0. The summed E-state index contributed by atoms with van der Waals surface area (Å²) in [5.74, 6) is 0.667. The lowest BCUT2D eigenvalue weighted by molar-refractivity contribution is 0.242.